The molecule has 1 heterocycles. The van der Waals surface area contributed by atoms with Crippen molar-refractivity contribution in [1.29, 1.82) is 0 Å². The van der Waals surface area contributed by atoms with E-state index in [0.29, 0.717) is 24.2 Å². The minimum atomic E-state index is -3.66. The molecule has 0 radical (unpaired) electrons. The highest BCUT2D eigenvalue weighted by Gasteiger charge is 2.29. The zero-order valence-corrected chi connectivity index (χ0v) is 17.9. The van der Waals surface area contributed by atoms with Gasteiger partial charge in [-0.05, 0) is 73.0 Å². The van der Waals surface area contributed by atoms with E-state index in [0.717, 1.165) is 22.1 Å². The molecule has 0 unspecified atom stereocenters. The number of amides is 1. The Labute approximate surface area is 178 Å². The molecule has 1 N–H and O–H groups in total. The highest BCUT2D eigenvalue weighted by molar-refractivity contribution is 9.10. The van der Waals surface area contributed by atoms with Crippen LogP contribution in [-0.4, -0.2) is 20.9 Å². The summed E-state index contributed by atoms with van der Waals surface area (Å²) in [5.74, 6) is -0.216. The Morgan fingerprint density at radius 1 is 0.966 bits per heavy atom. The van der Waals surface area contributed by atoms with Gasteiger partial charge in [-0.15, -0.1) is 0 Å². The van der Waals surface area contributed by atoms with E-state index in [1.54, 1.807) is 42.5 Å². The largest absolute Gasteiger partial charge is 0.322 e. The lowest BCUT2D eigenvalue weighted by atomic mass is 10.0. The number of nitrogens with zero attached hydrogens (tertiary/aromatic N) is 1. The van der Waals surface area contributed by atoms with Gasteiger partial charge in [0.2, 0.25) is 0 Å². The maximum absolute atomic E-state index is 13.2. The van der Waals surface area contributed by atoms with Crippen molar-refractivity contribution in [1.82, 2.24) is 0 Å². The Bertz CT molecular complexity index is 1150. The van der Waals surface area contributed by atoms with Gasteiger partial charge in [-0.25, -0.2) is 8.42 Å². The number of anilines is 2. The van der Waals surface area contributed by atoms with Crippen LogP contribution in [0.4, 0.5) is 11.4 Å². The molecule has 1 aliphatic heterocycles. The molecule has 0 saturated carbocycles. The molecule has 0 atom stereocenters. The maximum atomic E-state index is 13.2. The van der Waals surface area contributed by atoms with Crippen molar-refractivity contribution in [2.75, 3.05) is 16.2 Å². The molecule has 148 valence electrons. The quantitative estimate of drug-likeness (QED) is 0.592. The first-order valence-corrected chi connectivity index (χ1v) is 11.5. The summed E-state index contributed by atoms with van der Waals surface area (Å²) in [4.78, 5) is 12.8. The third-order valence-electron chi connectivity index (χ3n) is 4.85. The van der Waals surface area contributed by atoms with Crippen molar-refractivity contribution < 1.29 is 13.2 Å². The average Bonchev–Trinajstić information content (AvgIpc) is 2.74. The maximum Gasteiger partial charge on any atom is 0.264 e. The number of carbonyl (C=O) groups is 1. The van der Waals surface area contributed by atoms with Gasteiger partial charge in [0, 0.05) is 22.3 Å². The van der Waals surface area contributed by atoms with E-state index >= 15 is 0 Å². The van der Waals surface area contributed by atoms with Crippen LogP contribution in [0, 0.1) is 0 Å². The van der Waals surface area contributed by atoms with Gasteiger partial charge >= 0.3 is 0 Å². The van der Waals surface area contributed by atoms with Gasteiger partial charge in [-0.2, -0.15) is 0 Å². The highest BCUT2D eigenvalue weighted by Crippen LogP contribution is 2.33. The second-order valence-corrected chi connectivity index (χ2v) is 9.58. The van der Waals surface area contributed by atoms with Crippen LogP contribution in [0.1, 0.15) is 22.3 Å². The van der Waals surface area contributed by atoms with E-state index in [4.69, 9.17) is 0 Å². The van der Waals surface area contributed by atoms with E-state index in [1.165, 1.54) is 4.31 Å². The van der Waals surface area contributed by atoms with E-state index < -0.39 is 10.0 Å². The summed E-state index contributed by atoms with van der Waals surface area (Å²) >= 11 is 3.33. The minimum Gasteiger partial charge on any atom is -0.322 e. The summed E-state index contributed by atoms with van der Waals surface area (Å²) < 4.78 is 28.6. The minimum absolute atomic E-state index is 0.216. The lowest BCUT2D eigenvalue weighted by Crippen LogP contribution is -2.35. The van der Waals surface area contributed by atoms with Crippen molar-refractivity contribution in [3.63, 3.8) is 0 Å². The van der Waals surface area contributed by atoms with Crippen LogP contribution in [0.5, 0.6) is 0 Å². The Morgan fingerprint density at radius 2 is 1.69 bits per heavy atom. The molecule has 0 spiro atoms. The number of rotatable bonds is 4. The van der Waals surface area contributed by atoms with Crippen LogP contribution in [0.15, 0.2) is 82.2 Å². The third kappa shape index (κ3) is 4.06. The number of benzene rings is 3. The zero-order chi connectivity index (χ0) is 20.4. The van der Waals surface area contributed by atoms with E-state index in [-0.39, 0.29) is 10.8 Å². The van der Waals surface area contributed by atoms with Crippen LogP contribution in [0.3, 0.4) is 0 Å². The summed E-state index contributed by atoms with van der Waals surface area (Å²) in [6, 6.07) is 21.0. The number of fused-ring (bicyclic) bond motifs is 1. The molecule has 5 nitrogen and oxygen atoms in total. The number of para-hydroxylation sites is 1. The summed E-state index contributed by atoms with van der Waals surface area (Å²) in [5, 5.41) is 2.86. The van der Waals surface area contributed by atoms with Crippen LogP contribution in [0.25, 0.3) is 0 Å². The molecule has 0 aliphatic carbocycles. The van der Waals surface area contributed by atoms with Gasteiger partial charge in [0.25, 0.3) is 15.9 Å². The first-order chi connectivity index (χ1) is 13.9. The van der Waals surface area contributed by atoms with Crippen molar-refractivity contribution in [3.05, 3.63) is 88.4 Å². The molecular formula is C22H19BrN2O3S. The van der Waals surface area contributed by atoms with Gasteiger partial charge in [0.15, 0.2) is 0 Å². The fraction of sp³-hybridized carbons (Fsp3) is 0.136. The molecule has 0 bridgehead atoms. The number of sulfonamides is 1. The van der Waals surface area contributed by atoms with Crippen molar-refractivity contribution in [2.45, 2.75) is 17.7 Å². The number of halogens is 1. The van der Waals surface area contributed by atoms with E-state index in [1.807, 2.05) is 30.3 Å². The molecule has 0 saturated heterocycles. The number of aryl methyl sites for hydroxylation is 1. The van der Waals surface area contributed by atoms with Gasteiger partial charge in [-0.3, -0.25) is 9.10 Å². The van der Waals surface area contributed by atoms with Crippen molar-refractivity contribution in [2.24, 2.45) is 0 Å². The topological polar surface area (TPSA) is 66.5 Å². The molecule has 29 heavy (non-hydrogen) atoms. The second-order valence-electron chi connectivity index (χ2n) is 6.80. The summed E-state index contributed by atoms with van der Waals surface area (Å²) in [7, 11) is -3.66. The van der Waals surface area contributed by atoms with Gasteiger partial charge in [-0.1, -0.05) is 34.1 Å². The lowest BCUT2D eigenvalue weighted by Gasteiger charge is -2.30. The van der Waals surface area contributed by atoms with Crippen LogP contribution >= 0.6 is 15.9 Å². The molecule has 1 aliphatic rings. The number of carbonyl (C=O) groups excluding carboxylic acids is 1. The van der Waals surface area contributed by atoms with Gasteiger partial charge in [0.1, 0.15) is 0 Å². The molecule has 0 fully saturated rings. The zero-order valence-electron chi connectivity index (χ0n) is 15.5. The molecule has 7 heteroatoms. The summed E-state index contributed by atoms with van der Waals surface area (Å²) in [5.41, 5.74) is 2.72. The fourth-order valence-corrected chi connectivity index (χ4v) is 5.22. The summed E-state index contributed by atoms with van der Waals surface area (Å²) in [6.45, 7) is 0.418. The van der Waals surface area contributed by atoms with E-state index in [9.17, 15) is 13.2 Å². The van der Waals surface area contributed by atoms with Gasteiger partial charge in [0.05, 0.1) is 10.6 Å². The van der Waals surface area contributed by atoms with Gasteiger partial charge < -0.3 is 5.32 Å². The van der Waals surface area contributed by atoms with Crippen LogP contribution in [0.2, 0.25) is 0 Å². The van der Waals surface area contributed by atoms with Crippen molar-refractivity contribution in [3.8, 4) is 0 Å². The lowest BCUT2D eigenvalue weighted by molar-refractivity contribution is 0.102. The standard InChI is InChI=1S/C22H19BrN2O3S/c23-18-9-11-20(12-10-18)29(27,28)25-14-4-5-16-15-17(8-13-21(16)25)22(26)24-19-6-2-1-3-7-19/h1-3,6-13,15H,4-5,14H2,(H,24,26). The monoisotopic (exact) mass is 470 g/mol. The molecule has 4 rings (SSSR count). The normalized spacial score (nSPS) is 13.6. The Morgan fingerprint density at radius 3 is 2.41 bits per heavy atom. The molecule has 3 aromatic rings. The molecule has 0 aromatic heterocycles. The third-order valence-corrected chi connectivity index (χ3v) is 7.21. The smallest absolute Gasteiger partial charge is 0.264 e. The van der Waals surface area contributed by atoms with Crippen LogP contribution in [-0.2, 0) is 16.4 Å². The Hall–Kier alpha value is -2.64. The fourth-order valence-electron chi connectivity index (χ4n) is 3.41. The molecular weight excluding hydrogens is 452 g/mol. The summed E-state index contributed by atoms with van der Waals surface area (Å²) in [6.07, 6.45) is 1.43. The number of nitrogens with one attached hydrogen (secondary N) is 1. The second kappa shape index (κ2) is 8.00. The average molecular weight is 471 g/mol. The highest BCUT2D eigenvalue weighted by atomic mass is 79.9. The van der Waals surface area contributed by atoms with Crippen LogP contribution < -0.4 is 9.62 Å². The predicted octanol–water partition coefficient (Wildman–Crippen LogP) is 4.84. The first-order valence-electron chi connectivity index (χ1n) is 9.23. The molecule has 3 aromatic carbocycles. The predicted molar refractivity (Wildman–Crippen MR) is 118 cm³/mol. The van der Waals surface area contributed by atoms with Crippen molar-refractivity contribution >= 4 is 43.2 Å². The first kappa shape index (κ1) is 19.7. The Balaban J connectivity index is 1.63. The SMILES string of the molecule is O=C(Nc1ccccc1)c1ccc2c(c1)CCCN2S(=O)(=O)c1ccc(Br)cc1. The van der Waals surface area contributed by atoms with E-state index in [2.05, 4.69) is 21.2 Å². The molecule has 1 amide bonds. The number of hydrogen-bond donors (Lipinski definition) is 1. The number of hydrogen-bond acceptors (Lipinski definition) is 3. The Kier molecular flexibility index (Phi) is 5.43.